The van der Waals surface area contributed by atoms with E-state index in [4.69, 9.17) is 14.2 Å². The van der Waals surface area contributed by atoms with Crippen molar-refractivity contribution in [3.05, 3.63) is 59.7 Å². The molecule has 8 nitrogen and oxygen atoms in total. The molecule has 1 atom stereocenters. The van der Waals surface area contributed by atoms with E-state index in [2.05, 4.69) is 5.32 Å². The van der Waals surface area contributed by atoms with Gasteiger partial charge >= 0.3 is 5.97 Å². The van der Waals surface area contributed by atoms with Gasteiger partial charge in [0.1, 0.15) is 17.5 Å². The standard InChI is InChI=1S/C26H32N2O6/c1-3-32-20-12-13-21(23(17-20)33-4-2)26(31)28-15-14-27-25(30)22(28)18-24(29)34-16-8-11-19-9-6-5-7-10-19/h5-7,9-10,12-13,17,22H,3-4,8,11,14-16,18H2,1-2H3,(H,27,30). The zero-order valence-corrected chi connectivity index (χ0v) is 19.7. The number of hydrogen-bond donors (Lipinski definition) is 1. The van der Waals surface area contributed by atoms with Crippen LogP contribution >= 0.6 is 0 Å². The zero-order chi connectivity index (χ0) is 24.3. The Labute approximate surface area is 200 Å². The first kappa shape index (κ1) is 25.1. The molecule has 2 amide bonds. The van der Waals surface area contributed by atoms with Crippen molar-refractivity contribution in [2.24, 2.45) is 0 Å². The SMILES string of the molecule is CCOc1ccc(C(=O)N2CCNC(=O)C2CC(=O)OCCCc2ccccc2)c(OCC)c1. The van der Waals surface area contributed by atoms with Crippen molar-refractivity contribution in [1.29, 1.82) is 0 Å². The number of nitrogens with one attached hydrogen (secondary N) is 1. The number of hydrogen-bond acceptors (Lipinski definition) is 6. The Morgan fingerprint density at radius 2 is 1.82 bits per heavy atom. The second-order valence-electron chi connectivity index (χ2n) is 7.84. The van der Waals surface area contributed by atoms with Crippen molar-refractivity contribution in [3.8, 4) is 11.5 Å². The Morgan fingerprint density at radius 3 is 2.56 bits per heavy atom. The Balaban J connectivity index is 1.64. The molecule has 1 fully saturated rings. The van der Waals surface area contributed by atoms with Crippen LogP contribution in [-0.2, 0) is 20.7 Å². The number of carbonyl (C=O) groups excluding carboxylic acids is 3. The molecule has 0 saturated carbocycles. The Hall–Kier alpha value is -3.55. The lowest BCUT2D eigenvalue weighted by Crippen LogP contribution is -2.57. The molecule has 2 aromatic rings. The van der Waals surface area contributed by atoms with Crippen molar-refractivity contribution < 1.29 is 28.6 Å². The average molecular weight is 469 g/mol. The zero-order valence-electron chi connectivity index (χ0n) is 19.7. The minimum absolute atomic E-state index is 0.204. The minimum Gasteiger partial charge on any atom is -0.494 e. The summed E-state index contributed by atoms with van der Waals surface area (Å²) in [5.41, 5.74) is 1.49. The predicted octanol–water partition coefficient (Wildman–Crippen LogP) is 2.99. The van der Waals surface area contributed by atoms with Crippen LogP contribution in [-0.4, -0.2) is 61.6 Å². The van der Waals surface area contributed by atoms with Crippen molar-refractivity contribution in [2.75, 3.05) is 32.9 Å². The van der Waals surface area contributed by atoms with Crippen LogP contribution in [0, 0.1) is 0 Å². The van der Waals surface area contributed by atoms with Crippen molar-refractivity contribution >= 4 is 17.8 Å². The number of carbonyl (C=O) groups is 3. The van der Waals surface area contributed by atoms with E-state index in [-0.39, 0.29) is 31.4 Å². The van der Waals surface area contributed by atoms with E-state index in [9.17, 15) is 14.4 Å². The number of rotatable bonds is 11. The molecule has 182 valence electrons. The number of esters is 1. The molecule has 1 aliphatic heterocycles. The van der Waals surface area contributed by atoms with Gasteiger partial charge in [-0.15, -0.1) is 0 Å². The van der Waals surface area contributed by atoms with Gasteiger partial charge in [0.15, 0.2) is 0 Å². The number of benzene rings is 2. The topological polar surface area (TPSA) is 94.2 Å². The number of aryl methyl sites for hydroxylation is 1. The lowest BCUT2D eigenvalue weighted by Gasteiger charge is -2.35. The molecule has 0 spiro atoms. The summed E-state index contributed by atoms with van der Waals surface area (Å²) in [6.45, 7) is 5.41. The second-order valence-corrected chi connectivity index (χ2v) is 7.84. The fourth-order valence-corrected chi connectivity index (χ4v) is 3.85. The lowest BCUT2D eigenvalue weighted by molar-refractivity contribution is -0.147. The second kappa shape index (κ2) is 12.6. The molecule has 1 N–H and O–H groups in total. The highest BCUT2D eigenvalue weighted by molar-refractivity contribution is 6.01. The molecule has 1 unspecified atom stereocenters. The van der Waals surface area contributed by atoms with E-state index in [0.29, 0.717) is 43.2 Å². The molecule has 0 radical (unpaired) electrons. The molecule has 34 heavy (non-hydrogen) atoms. The highest BCUT2D eigenvalue weighted by Crippen LogP contribution is 2.28. The van der Waals surface area contributed by atoms with E-state index in [1.54, 1.807) is 18.2 Å². The predicted molar refractivity (Wildman–Crippen MR) is 127 cm³/mol. The molecule has 2 aromatic carbocycles. The molecule has 3 rings (SSSR count). The third-order valence-electron chi connectivity index (χ3n) is 5.46. The normalized spacial score (nSPS) is 15.4. The van der Waals surface area contributed by atoms with Gasteiger partial charge in [-0.1, -0.05) is 30.3 Å². The third-order valence-corrected chi connectivity index (χ3v) is 5.46. The summed E-state index contributed by atoms with van der Waals surface area (Å²) in [6.07, 6.45) is 1.27. The molecule has 1 aliphatic rings. The van der Waals surface area contributed by atoms with Gasteiger partial charge in [0.25, 0.3) is 5.91 Å². The van der Waals surface area contributed by atoms with Crippen molar-refractivity contribution in [1.82, 2.24) is 10.2 Å². The van der Waals surface area contributed by atoms with Crippen LogP contribution in [0.4, 0.5) is 0 Å². The summed E-state index contributed by atoms with van der Waals surface area (Å²) < 4.78 is 16.5. The first-order valence-electron chi connectivity index (χ1n) is 11.7. The van der Waals surface area contributed by atoms with Gasteiger partial charge in [-0.05, 0) is 44.4 Å². The molecule has 0 aliphatic carbocycles. The third kappa shape index (κ3) is 6.73. The molecule has 0 aromatic heterocycles. The number of ether oxygens (including phenoxy) is 3. The summed E-state index contributed by atoms with van der Waals surface area (Å²) in [6, 6.07) is 14.0. The fourth-order valence-electron chi connectivity index (χ4n) is 3.85. The van der Waals surface area contributed by atoms with E-state index >= 15 is 0 Å². The Morgan fingerprint density at radius 1 is 1.06 bits per heavy atom. The monoisotopic (exact) mass is 468 g/mol. The largest absolute Gasteiger partial charge is 0.494 e. The van der Waals surface area contributed by atoms with E-state index in [1.807, 2.05) is 44.2 Å². The molecule has 0 bridgehead atoms. The van der Waals surface area contributed by atoms with Gasteiger partial charge in [0, 0.05) is 19.2 Å². The van der Waals surface area contributed by atoms with Crippen LogP contribution < -0.4 is 14.8 Å². The van der Waals surface area contributed by atoms with Crippen LogP contribution in [0.25, 0.3) is 0 Å². The minimum atomic E-state index is -0.941. The highest BCUT2D eigenvalue weighted by atomic mass is 16.5. The summed E-state index contributed by atoms with van der Waals surface area (Å²) >= 11 is 0. The maximum absolute atomic E-state index is 13.4. The number of nitrogens with zero attached hydrogens (tertiary/aromatic N) is 1. The van der Waals surface area contributed by atoms with Gasteiger partial charge < -0.3 is 24.4 Å². The maximum atomic E-state index is 13.4. The van der Waals surface area contributed by atoms with E-state index in [0.717, 1.165) is 6.42 Å². The maximum Gasteiger partial charge on any atom is 0.308 e. The quantitative estimate of drug-likeness (QED) is 0.403. The Kier molecular flexibility index (Phi) is 9.31. The van der Waals surface area contributed by atoms with Gasteiger partial charge in [-0.25, -0.2) is 0 Å². The Bertz CT molecular complexity index is 979. The molecule has 1 saturated heterocycles. The molecule has 8 heteroatoms. The summed E-state index contributed by atoms with van der Waals surface area (Å²) in [7, 11) is 0. The number of piperazine rings is 1. The van der Waals surface area contributed by atoms with Gasteiger partial charge in [-0.3, -0.25) is 14.4 Å². The average Bonchev–Trinajstić information content (AvgIpc) is 2.84. The van der Waals surface area contributed by atoms with Crippen LogP contribution in [0.15, 0.2) is 48.5 Å². The van der Waals surface area contributed by atoms with Gasteiger partial charge in [0.2, 0.25) is 5.91 Å². The van der Waals surface area contributed by atoms with E-state index < -0.39 is 12.0 Å². The molecular formula is C26H32N2O6. The molecule has 1 heterocycles. The van der Waals surface area contributed by atoms with Gasteiger partial charge in [-0.2, -0.15) is 0 Å². The number of amides is 2. The summed E-state index contributed by atoms with van der Waals surface area (Å²) in [5, 5.41) is 2.74. The lowest BCUT2D eigenvalue weighted by atomic mass is 10.1. The molecular weight excluding hydrogens is 436 g/mol. The first-order valence-corrected chi connectivity index (χ1v) is 11.7. The van der Waals surface area contributed by atoms with Crippen LogP contribution in [0.2, 0.25) is 0 Å². The van der Waals surface area contributed by atoms with E-state index in [1.165, 1.54) is 10.5 Å². The van der Waals surface area contributed by atoms with Crippen LogP contribution in [0.5, 0.6) is 11.5 Å². The van der Waals surface area contributed by atoms with Crippen LogP contribution in [0.3, 0.4) is 0 Å². The van der Waals surface area contributed by atoms with Gasteiger partial charge in [0.05, 0.1) is 31.8 Å². The highest BCUT2D eigenvalue weighted by Gasteiger charge is 2.36. The first-order chi connectivity index (χ1) is 16.5. The smallest absolute Gasteiger partial charge is 0.308 e. The summed E-state index contributed by atoms with van der Waals surface area (Å²) in [4.78, 5) is 39.9. The summed E-state index contributed by atoms with van der Waals surface area (Å²) in [5.74, 6) is -0.279. The van der Waals surface area contributed by atoms with Crippen molar-refractivity contribution in [3.63, 3.8) is 0 Å². The fraction of sp³-hybridized carbons (Fsp3) is 0.423. The van der Waals surface area contributed by atoms with Crippen LogP contribution in [0.1, 0.15) is 42.6 Å². The van der Waals surface area contributed by atoms with Crippen molar-refractivity contribution in [2.45, 2.75) is 39.2 Å².